The number of hydrogen-bond acceptors (Lipinski definition) is 2. The number of para-hydroxylation sites is 1. The Morgan fingerprint density at radius 1 is 0.682 bits per heavy atom. The molecule has 0 spiro atoms. The second kappa shape index (κ2) is 6.72. The van der Waals surface area contributed by atoms with Crippen molar-refractivity contribution in [3.8, 4) is 5.75 Å². The summed E-state index contributed by atoms with van der Waals surface area (Å²) in [5.74, 6) is 0.635. The second-order valence-electron chi connectivity index (χ2n) is 4.95. The first-order valence-electron chi connectivity index (χ1n) is 7.20. The van der Waals surface area contributed by atoms with E-state index < -0.39 is 6.10 Å². The lowest BCUT2D eigenvalue weighted by Crippen LogP contribution is -2.19. The van der Waals surface area contributed by atoms with Gasteiger partial charge in [-0.15, -0.1) is 0 Å². The van der Waals surface area contributed by atoms with E-state index in [-0.39, 0.29) is 5.78 Å². The fourth-order valence-corrected chi connectivity index (χ4v) is 2.29. The Hall–Kier alpha value is -2.87. The van der Waals surface area contributed by atoms with E-state index in [2.05, 4.69) is 0 Å². The van der Waals surface area contributed by atoms with Crippen molar-refractivity contribution < 1.29 is 9.53 Å². The highest BCUT2D eigenvalue weighted by molar-refractivity contribution is 6.00. The predicted octanol–water partition coefficient (Wildman–Crippen LogP) is 4.69. The number of rotatable bonds is 5. The number of benzene rings is 3. The van der Waals surface area contributed by atoms with Crippen LogP contribution in [0.25, 0.3) is 0 Å². The molecule has 2 heteroatoms. The van der Waals surface area contributed by atoms with E-state index in [1.165, 1.54) is 0 Å². The predicted molar refractivity (Wildman–Crippen MR) is 87.0 cm³/mol. The van der Waals surface area contributed by atoms with Gasteiger partial charge in [0.25, 0.3) is 0 Å². The molecule has 0 aromatic heterocycles. The fraction of sp³-hybridized carbons (Fsp3) is 0.0500. The maximum Gasteiger partial charge on any atom is 0.207 e. The van der Waals surface area contributed by atoms with Crippen LogP contribution in [-0.4, -0.2) is 5.78 Å². The molecular weight excluding hydrogens is 272 g/mol. The van der Waals surface area contributed by atoms with Crippen LogP contribution in [0.1, 0.15) is 22.0 Å². The molecule has 0 radical (unpaired) electrons. The first-order chi connectivity index (χ1) is 10.8. The monoisotopic (exact) mass is 288 g/mol. The summed E-state index contributed by atoms with van der Waals surface area (Å²) in [6, 6.07) is 28.2. The van der Waals surface area contributed by atoms with E-state index in [0.29, 0.717) is 11.3 Å². The minimum Gasteiger partial charge on any atom is -0.478 e. The standard InChI is InChI=1S/C20H16O2/c21-19(16-10-4-1-5-11-16)20(17-12-6-2-7-13-17)22-18-14-8-3-9-15-18/h1-15,20H/t20-/m1/s1. The van der Waals surface area contributed by atoms with Gasteiger partial charge in [-0.05, 0) is 12.1 Å². The number of carbonyl (C=O) groups excluding carboxylic acids is 1. The van der Waals surface area contributed by atoms with Crippen LogP contribution in [0.5, 0.6) is 5.75 Å². The molecule has 0 unspecified atom stereocenters. The molecule has 2 nitrogen and oxygen atoms in total. The summed E-state index contributed by atoms with van der Waals surface area (Å²) in [6.07, 6.45) is -0.647. The quantitative estimate of drug-likeness (QED) is 0.637. The summed E-state index contributed by atoms with van der Waals surface area (Å²) in [7, 11) is 0. The molecule has 0 N–H and O–H groups in total. The lowest BCUT2D eigenvalue weighted by molar-refractivity contribution is 0.0792. The number of ketones is 1. The zero-order valence-electron chi connectivity index (χ0n) is 12.1. The molecule has 0 bridgehead atoms. The zero-order chi connectivity index (χ0) is 15.2. The highest BCUT2D eigenvalue weighted by atomic mass is 16.5. The van der Waals surface area contributed by atoms with Crippen molar-refractivity contribution in [3.63, 3.8) is 0 Å². The van der Waals surface area contributed by atoms with Crippen molar-refractivity contribution in [2.24, 2.45) is 0 Å². The largest absolute Gasteiger partial charge is 0.478 e. The van der Waals surface area contributed by atoms with Crippen molar-refractivity contribution >= 4 is 5.78 Å². The van der Waals surface area contributed by atoms with E-state index in [9.17, 15) is 4.79 Å². The number of Topliss-reactive ketones (excluding diaryl/α,β-unsaturated/α-hetero) is 1. The Labute approximate surface area is 130 Å². The van der Waals surface area contributed by atoms with E-state index in [4.69, 9.17) is 4.74 Å². The van der Waals surface area contributed by atoms with Gasteiger partial charge in [-0.25, -0.2) is 0 Å². The summed E-state index contributed by atoms with van der Waals surface area (Å²) >= 11 is 0. The van der Waals surface area contributed by atoms with Crippen LogP contribution in [-0.2, 0) is 0 Å². The lowest BCUT2D eigenvalue weighted by atomic mass is 10.00. The molecular formula is C20H16O2. The van der Waals surface area contributed by atoms with Crippen LogP contribution in [0.3, 0.4) is 0 Å². The summed E-state index contributed by atoms with van der Waals surface area (Å²) < 4.78 is 5.97. The van der Waals surface area contributed by atoms with Crippen LogP contribution >= 0.6 is 0 Å². The van der Waals surface area contributed by atoms with Gasteiger partial charge in [0, 0.05) is 11.1 Å². The molecule has 0 aliphatic rings. The van der Waals surface area contributed by atoms with Gasteiger partial charge in [0.05, 0.1) is 0 Å². The Bertz CT molecular complexity index is 721. The topological polar surface area (TPSA) is 26.3 Å². The molecule has 0 amide bonds. The first-order valence-corrected chi connectivity index (χ1v) is 7.20. The smallest absolute Gasteiger partial charge is 0.207 e. The molecule has 108 valence electrons. The third-order valence-corrected chi connectivity index (χ3v) is 3.40. The molecule has 0 aliphatic carbocycles. The molecule has 0 fully saturated rings. The van der Waals surface area contributed by atoms with Gasteiger partial charge in [-0.2, -0.15) is 0 Å². The van der Waals surface area contributed by atoms with E-state index in [1.807, 2.05) is 91.0 Å². The molecule has 3 aromatic carbocycles. The maximum atomic E-state index is 12.8. The Balaban J connectivity index is 1.95. The minimum absolute atomic E-state index is 0.0457. The first kappa shape index (κ1) is 14.1. The minimum atomic E-state index is -0.647. The van der Waals surface area contributed by atoms with Crippen molar-refractivity contribution in [2.45, 2.75) is 6.10 Å². The van der Waals surface area contributed by atoms with E-state index >= 15 is 0 Å². The van der Waals surface area contributed by atoms with Crippen LogP contribution in [0.4, 0.5) is 0 Å². The molecule has 0 heterocycles. The van der Waals surface area contributed by atoms with Crippen LogP contribution < -0.4 is 4.74 Å². The molecule has 3 rings (SSSR count). The molecule has 3 aromatic rings. The average Bonchev–Trinajstić information content (AvgIpc) is 2.61. The van der Waals surface area contributed by atoms with Gasteiger partial charge in [0.15, 0.2) is 6.10 Å². The third kappa shape index (κ3) is 3.23. The normalized spacial score (nSPS) is 11.6. The second-order valence-corrected chi connectivity index (χ2v) is 4.95. The fourth-order valence-electron chi connectivity index (χ4n) is 2.29. The maximum absolute atomic E-state index is 12.8. The summed E-state index contributed by atoms with van der Waals surface area (Å²) in [4.78, 5) is 12.8. The van der Waals surface area contributed by atoms with Gasteiger partial charge in [0.2, 0.25) is 5.78 Å². The lowest BCUT2D eigenvalue weighted by Gasteiger charge is -2.18. The molecule has 0 aliphatic heterocycles. The summed E-state index contributed by atoms with van der Waals surface area (Å²) in [6.45, 7) is 0. The molecule has 22 heavy (non-hydrogen) atoms. The Morgan fingerprint density at radius 3 is 1.77 bits per heavy atom. The third-order valence-electron chi connectivity index (χ3n) is 3.40. The highest BCUT2D eigenvalue weighted by Gasteiger charge is 2.23. The summed E-state index contributed by atoms with van der Waals surface area (Å²) in [5.41, 5.74) is 1.49. The number of hydrogen-bond donors (Lipinski definition) is 0. The van der Waals surface area contributed by atoms with Gasteiger partial charge in [-0.3, -0.25) is 4.79 Å². The van der Waals surface area contributed by atoms with Gasteiger partial charge < -0.3 is 4.74 Å². The number of carbonyl (C=O) groups is 1. The Morgan fingerprint density at radius 2 is 1.18 bits per heavy atom. The van der Waals surface area contributed by atoms with Gasteiger partial charge >= 0.3 is 0 Å². The molecule has 1 atom stereocenters. The van der Waals surface area contributed by atoms with Crippen LogP contribution in [0, 0.1) is 0 Å². The van der Waals surface area contributed by atoms with Crippen molar-refractivity contribution in [1.29, 1.82) is 0 Å². The van der Waals surface area contributed by atoms with E-state index in [0.717, 1.165) is 5.56 Å². The average molecular weight is 288 g/mol. The van der Waals surface area contributed by atoms with Gasteiger partial charge in [0.1, 0.15) is 5.75 Å². The molecule has 0 saturated carbocycles. The Kier molecular flexibility index (Phi) is 4.30. The van der Waals surface area contributed by atoms with Crippen molar-refractivity contribution in [1.82, 2.24) is 0 Å². The van der Waals surface area contributed by atoms with Crippen LogP contribution in [0.15, 0.2) is 91.0 Å². The van der Waals surface area contributed by atoms with Crippen molar-refractivity contribution in [3.05, 3.63) is 102 Å². The van der Waals surface area contributed by atoms with Gasteiger partial charge in [-0.1, -0.05) is 78.9 Å². The van der Waals surface area contributed by atoms with Crippen molar-refractivity contribution in [2.75, 3.05) is 0 Å². The zero-order valence-corrected chi connectivity index (χ0v) is 12.1. The SMILES string of the molecule is O=C(c1ccccc1)[C@H](Oc1ccccc1)c1ccccc1. The van der Waals surface area contributed by atoms with Crippen LogP contribution in [0.2, 0.25) is 0 Å². The van der Waals surface area contributed by atoms with E-state index in [1.54, 1.807) is 0 Å². The molecule has 0 saturated heterocycles. The summed E-state index contributed by atoms with van der Waals surface area (Å²) in [5, 5.41) is 0. The number of ether oxygens (including phenoxy) is 1. The highest BCUT2D eigenvalue weighted by Crippen LogP contribution is 2.25.